The van der Waals surface area contributed by atoms with E-state index in [0.29, 0.717) is 27.8 Å². The maximum atomic E-state index is 13.2. The van der Waals surface area contributed by atoms with Gasteiger partial charge >= 0.3 is 0 Å². The molecule has 4 rings (SSSR count). The standard InChI is InChI=1S/C19H13Cl2FN4O2/c20-11-3-6-14(13(21)7-11)23-19(28)16-9-18(27)24-17-8-15(25-26(16)17)10-1-4-12(22)5-2-10/h1-8,16H,9H2,(H,23,28)(H,24,27)/t16-/m0/s1. The molecule has 2 aromatic carbocycles. The van der Waals surface area contributed by atoms with Gasteiger partial charge in [-0.25, -0.2) is 9.07 Å². The van der Waals surface area contributed by atoms with Crippen LogP contribution in [0.3, 0.4) is 0 Å². The minimum absolute atomic E-state index is 0.0748. The normalized spacial score (nSPS) is 15.7. The molecule has 1 aromatic heterocycles. The molecular weight excluding hydrogens is 406 g/mol. The Labute approximate surface area is 169 Å². The molecule has 0 spiro atoms. The lowest BCUT2D eigenvalue weighted by Gasteiger charge is -2.23. The quantitative estimate of drug-likeness (QED) is 0.656. The number of nitrogens with zero attached hydrogens (tertiary/aromatic N) is 2. The van der Waals surface area contributed by atoms with E-state index in [1.165, 1.54) is 22.9 Å². The second-order valence-electron chi connectivity index (χ2n) is 6.25. The van der Waals surface area contributed by atoms with Crippen molar-refractivity contribution in [2.45, 2.75) is 12.5 Å². The molecule has 28 heavy (non-hydrogen) atoms. The molecule has 1 aliphatic rings. The number of nitrogens with one attached hydrogen (secondary N) is 2. The first-order valence-electron chi connectivity index (χ1n) is 8.32. The number of rotatable bonds is 3. The molecule has 0 fully saturated rings. The maximum absolute atomic E-state index is 13.2. The zero-order valence-electron chi connectivity index (χ0n) is 14.2. The van der Waals surface area contributed by atoms with Crippen LogP contribution in [0.4, 0.5) is 15.9 Å². The van der Waals surface area contributed by atoms with Gasteiger partial charge < -0.3 is 10.6 Å². The number of aromatic nitrogens is 2. The molecule has 9 heteroatoms. The lowest BCUT2D eigenvalue weighted by molar-refractivity contribution is -0.125. The average Bonchev–Trinajstić information content (AvgIpc) is 3.07. The lowest BCUT2D eigenvalue weighted by atomic mass is 10.1. The first kappa shape index (κ1) is 18.5. The summed E-state index contributed by atoms with van der Waals surface area (Å²) < 4.78 is 14.6. The van der Waals surface area contributed by atoms with Gasteiger partial charge in [0.25, 0.3) is 0 Å². The summed E-state index contributed by atoms with van der Waals surface area (Å²) in [5, 5.41) is 10.6. The first-order valence-corrected chi connectivity index (χ1v) is 9.07. The fourth-order valence-corrected chi connectivity index (χ4v) is 3.41. The largest absolute Gasteiger partial charge is 0.323 e. The predicted octanol–water partition coefficient (Wildman–Crippen LogP) is 4.52. The monoisotopic (exact) mass is 418 g/mol. The smallest absolute Gasteiger partial charge is 0.249 e. The van der Waals surface area contributed by atoms with E-state index in [4.69, 9.17) is 23.2 Å². The lowest BCUT2D eigenvalue weighted by Crippen LogP contribution is -2.35. The molecule has 0 saturated heterocycles. The summed E-state index contributed by atoms with van der Waals surface area (Å²) in [5.41, 5.74) is 1.56. The van der Waals surface area contributed by atoms with E-state index in [9.17, 15) is 14.0 Å². The average molecular weight is 419 g/mol. The topological polar surface area (TPSA) is 76.0 Å². The summed E-state index contributed by atoms with van der Waals surface area (Å²) in [4.78, 5) is 24.9. The van der Waals surface area contributed by atoms with Crippen LogP contribution >= 0.6 is 23.2 Å². The molecule has 6 nitrogen and oxygen atoms in total. The molecule has 142 valence electrons. The van der Waals surface area contributed by atoms with Crippen LogP contribution in [0.1, 0.15) is 12.5 Å². The maximum Gasteiger partial charge on any atom is 0.249 e. The van der Waals surface area contributed by atoms with Crippen LogP contribution in [0.2, 0.25) is 10.0 Å². The van der Waals surface area contributed by atoms with Crippen molar-refractivity contribution in [3.8, 4) is 11.3 Å². The number of carbonyl (C=O) groups excluding carboxylic acids is 2. The molecule has 2 amide bonds. The van der Waals surface area contributed by atoms with Crippen LogP contribution in [0.25, 0.3) is 11.3 Å². The Bertz CT molecular complexity index is 1080. The number of fused-ring (bicyclic) bond motifs is 1. The van der Waals surface area contributed by atoms with E-state index in [1.807, 2.05) is 0 Å². The third-order valence-electron chi connectivity index (χ3n) is 4.31. The predicted molar refractivity (Wildman–Crippen MR) is 105 cm³/mol. The molecule has 0 radical (unpaired) electrons. The van der Waals surface area contributed by atoms with Gasteiger partial charge in [-0.3, -0.25) is 9.59 Å². The molecular formula is C19H13Cl2FN4O2. The van der Waals surface area contributed by atoms with Gasteiger partial charge in [0.1, 0.15) is 17.7 Å². The molecule has 3 aromatic rings. The SMILES string of the molecule is O=C1C[C@@H](C(=O)Nc2ccc(Cl)cc2Cl)n2nc(-c3ccc(F)cc3)cc2N1. The van der Waals surface area contributed by atoms with Crippen molar-refractivity contribution < 1.29 is 14.0 Å². The van der Waals surface area contributed by atoms with Crippen LogP contribution in [-0.2, 0) is 9.59 Å². The van der Waals surface area contributed by atoms with Crippen molar-refractivity contribution in [3.63, 3.8) is 0 Å². The fraction of sp³-hybridized carbons (Fsp3) is 0.105. The van der Waals surface area contributed by atoms with E-state index in [2.05, 4.69) is 15.7 Å². The zero-order valence-corrected chi connectivity index (χ0v) is 15.8. The molecule has 0 unspecified atom stereocenters. The van der Waals surface area contributed by atoms with Crippen molar-refractivity contribution >= 4 is 46.5 Å². The van der Waals surface area contributed by atoms with Crippen molar-refractivity contribution in [3.05, 3.63) is 64.4 Å². The van der Waals surface area contributed by atoms with Crippen LogP contribution in [0, 0.1) is 5.82 Å². The Morgan fingerprint density at radius 2 is 1.93 bits per heavy atom. The van der Waals surface area contributed by atoms with E-state index in [1.54, 1.807) is 30.3 Å². The van der Waals surface area contributed by atoms with E-state index in [-0.39, 0.29) is 23.2 Å². The highest BCUT2D eigenvalue weighted by Gasteiger charge is 2.32. The van der Waals surface area contributed by atoms with Crippen LogP contribution in [0.15, 0.2) is 48.5 Å². The number of anilines is 2. The van der Waals surface area contributed by atoms with Crippen LogP contribution in [-0.4, -0.2) is 21.6 Å². The Morgan fingerprint density at radius 3 is 2.64 bits per heavy atom. The van der Waals surface area contributed by atoms with Crippen LogP contribution in [0.5, 0.6) is 0 Å². The molecule has 0 saturated carbocycles. The van der Waals surface area contributed by atoms with E-state index >= 15 is 0 Å². The highest BCUT2D eigenvalue weighted by molar-refractivity contribution is 6.36. The number of halogens is 3. The Kier molecular flexibility index (Phi) is 4.78. The van der Waals surface area contributed by atoms with Crippen molar-refractivity contribution in [1.29, 1.82) is 0 Å². The van der Waals surface area contributed by atoms with Gasteiger partial charge in [-0.05, 0) is 42.5 Å². The number of hydrogen-bond acceptors (Lipinski definition) is 3. The number of hydrogen-bond donors (Lipinski definition) is 2. The Balaban J connectivity index is 1.65. The van der Waals surface area contributed by atoms with Gasteiger partial charge in [0.15, 0.2) is 0 Å². The highest BCUT2D eigenvalue weighted by atomic mass is 35.5. The van der Waals surface area contributed by atoms with E-state index < -0.39 is 11.9 Å². The number of carbonyl (C=O) groups is 2. The van der Waals surface area contributed by atoms with Gasteiger partial charge in [0.2, 0.25) is 11.8 Å². The molecule has 0 bridgehead atoms. The van der Waals surface area contributed by atoms with E-state index in [0.717, 1.165) is 0 Å². The van der Waals surface area contributed by atoms with Crippen molar-refractivity contribution in [2.24, 2.45) is 0 Å². The van der Waals surface area contributed by atoms with Gasteiger partial charge in [-0.1, -0.05) is 23.2 Å². The summed E-state index contributed by atoms with van der Waals surface area (Å²) in [6.07, 6.45) is -0.0748. The summed E-state index contributed by atoms with van der Waals surface area (Å²) in [6.45, 7) is 0. The van der Waals surface area contributed by atoms with Gasteiger partial charge in [-0.2, -0.15) is 5.10 Å². The molecule has 1 atom stereocenters. The molecule has 1 aliphatic heterocycles. The minimum Gasteiger partial charge on any atom is -0.323 e. The summed E-state index contributed by atoms with van der Waals surface area (Å²) in [6, 6.07) is 11.3. The molecule has 2 heterocycles. The third kappa shape index (κ3) is 3.58. The molecule has 0 aliphatic carbocycles. The fourth-order valence-electron chi connectivity index (χ4n) is 2.95. The Morgan fingerprint density at radius 1 is 1.18 bits per heavy atom. The second kappa shape index (κ2) is 7.26. The summed E-state index contributed by atoms with van der Waals surface area (Å²) in [5.74, 6) is -0.717. The number of benzene rings is 2. The Hall–Kier alpha value is -2.90. The van der Waals surface area contributed by atoms with Crippen molar-refractivity contribution in [1.82, 2.24) is 9.78 Å². The van der Waals surface area contributed by atoms with Gasteiger partial charge in [0.05, 0.1) is 22.8 Å². The summed E-state index contributed by atoms with van der Waals surface area (Å²) >= 11 is 12.0. The minimum atomic E-state index is -0.857. The highest BCUT2D eigenvalue weighted by Crippen LogP contribution is 2.31. The second-order valence-corrected chi connectivity index (χ2v) is 7.09. The number of amides is 2. The first-order chi connectivity index (χ1) is 13.4. The van der Waals surface area contributed by atoms with Crippen LogP contribution < -0.4 is 10.6 Å². The zero-order chi connectivity index (χ0) is 19.8. The third-order valence-corrected chi connectivity index (χ3v) is 4.86. The van der Waals surface area contributed by atoms with Gasteiger partial charge in [0, 0.05) is 16.7 Å². The molecule has 2 N–H and O–H groups in total. The summed E-state index contributed by atoms with van der Waals surface area (Å²) in [7, 11) is 0. The van der Waals surface area contributed by atoms with Gasteiger partial charge in [-0.15, -0.1) is 0 Å². The van der Waals surface area contributed by atoms with Crippen molar-refractivity contribution in [2.75, 3.05) is 10.6 Å².